The van der Waals surface area contributed by atoms with Crippen LogP contribution < -0.4 is 10.2 Å². The van der Waals surface area contributed by atoms with Crippen LogP contribution in [0.4, 0.5) is 5.69 Å². The molecular weight excluding hydrogens is 400 g/mol. The zero-order chi connectivity index (χ0) is 15.7. The fourth-order valence-electron chi connectivity index (χ4n) is 2.51. The van der Waals surface area contributed by atoms with Crippen molar-refractivity contribution in [1.82, 2.24) is 5.32 Å². The normalized spacial score (nSPS) is 22.7. The van der Waals surface area contributed by atoms with Crippen molar-refractivity contribution < 1.29 is 9.59 Å². The highest BCUT2D eigenvalue weighted by Crippen LogP contribution is 2.33. The second-order valence-corrected chi connectivity index (χ2v) is 7.23. The SMILES string of the molecule is CCC1C(=O)NC(C(C)C)C(=O)N1c1cc(Br)ccc1Br. The lowest BCUT2D eigenvalue weighted by Crippen LogP contribution is -2.65. The molecule has 1 saturated heterocycles. The Morgan fingerprint density at radius 2 is 1.95 bits per heavy atom. The van der Waals surface area contributed by atoms with Crippen molar-refractivity contribution in [2.75, 3.05) is 4.90 Å². The number of nitrogens with one attached hydrogen (secondary N) is 1. The minimum atomic E-state index is -0.480. The Morgan fingerprint density at radius 3 is 2.52 bits per heavy atom. The van der Waals surface area contributed by atoms with Crippen molar-refractivity contribution in [3.63, 3.8) is 0 Å². The number of carbonyl (C=O) groups excluding carboxylic acids is 2. The van der Waals surface area contributed by atoms with Crippen LogP contribution >= 0.6 is 31.9 Å². The van der Waals surface area contributed by atoms with Crippen molar-refractivity contribution in [2.45, 2.75) is 39.3 Å². The predicted molar refractivity (Wildman–Crippen MR) is 90.2 cm³/mol. The van der Waals surface area contributed by atoms with Crippen LogP contribution in [0.1, 0.15) is 27.2 Å². The number of amides is 2. The maximum atomic E-state index is 12.8. The number of carbonyl (C=O) groups is 2. The fourth-order valence-corrected chi connectivity index (χ4v) is 3.30. The van der Waals surface area contributed by atoms with E-state index in [1.807, 2.05) is 39.0 Å². The largest absolute Gasteiger partial charge is 0.342 e. The molecule has 1 aliphatic rings. The topological polar surface area (TPSA) is 49.4 Å². The molecule has 114 valence electrons. The van der Waals surface area contributed by atoms with Gasteiger partial charge in [-0.15, -0.1) is 0 Å². The van der Waals surface area contributed by atoms with Crippen LogP contribution in [-0.2, 0) is 9.59 Å². The summed E-state index contributed by atoms with van der Waals surface area (Å²) in [4.78, 5) is 26.8. The average molecular weight is 418 g/mol. The third-order valence-corrected chi connectivity index (χ3v) is 4.80. The van der Waals surface area contributed by atoms with E-state index in [-0.39, 0.29) is 17.7 Å². The highest BCUT2D eigenvalue weighted by molar-refractivity contribution is 9.11. The molecule has 1 heterocycles. The molecule has 1 aliphatic heterocycles. The maximum absolute atomic E-state index is 12.8. The van der Waals surface area contributed by atoms with Gasteiger partial charge in [0.25, 0.3) is 5.91 Å². The predicted octanol–water partition coefficient (Wildman–Crippen LogP) is 3.48. The lowest BCUT2D eigenvalue weighted by Gasteiger charge is -2.40. The average Bonchev–Trinajstić information content (AvgIpc) is 2.43. The molecule has 0 spiro atoms. The minimum Gasteiger partial charge on any atom is -0.342 e. The molecular formula is C15H18Br2N2O2. The monoisotopic (exact) mass is 416 g/mol. The molecule has 1 aromatic carbocycles. The third-order valence-electron chi connectivity index (χ3n) is 3.64. The summed E-state index contributed by atoms with van der Waals surface area (Å²) >= 11 is 6.91. The van der Waals surface area contributed by atoms with Crippen LogP contribution in [-0.4, -0.2) is 23.9 Å². The van der Waals surface area contributed by atoms with Crippen LogP contribution in [0.2, 0.25) is 0 Å². The molecule has 6 heteroatoms. The van der Waals surface area contributed by atoms with Gasteiger partial charge in [-0.3, -0.25) is 14.5 Å². The number of halogens is 2. The quantitative estimate of drug-likeness (QED) is 0.818. The molecule has 2 amide bonds. The molecule has 0 radical (unpaired) electrons. The number of piperazine rings is 1. The van der Waals surface area contributed by atoms with E-state index in [1.165, 1.54) is 0 Å². The number of anilines is 1. The number of hydrogen-bond acceptors (Lipinski definition) is 2. The first-order valence-electron chi connectivity index (χ1n) is 6.95. The van der Waals surface area contributed by atoms with Gasteiger partial charge in [0.2, 0.25) is 5.91 Å². The Kier molecular flexibility index (Phi) is 5.09. The van der Waals surface area contributed by atoms with Crippen LogP contribution in [0.5, 0.6) is 0 Å². The fraction of sp³-hybridized carbons (Fsp3) is 0.467. The molecule has 0 aromatic heterocycles. The first-order chi connectivity index (χ1) is 9.86. The van der Waals surface area contributed by atoms with E-state index >= 15 is 0 Å². The molecule has 1 fully saturated rings. The van der Waals surface area contributed by atoms with Gasteiger partial charge in [-0.25, -0.2) is 0 Å². The third kappa shape index (κ3) is 3.16. The molecule has 1 N–H and O–H groups in total. The van der Waals surface area contributed by atoms with Crippen molar-refractivity contribution >= 4 is 49.4 Å². The Hall–Kier alpha value is -0.880. The Morgan fingerprint density at radius 1 is 1.29 bits per heavy atom. The van der Waals surface area contributed by atoms with Gasteiger partial charge in [-0.1, -0.05) is 36.7 Å². The second-order valence-electron chi connectivity index (χ2n) is 5.46. The Bertz CT molecular complexity index is 575. The summed E-state index contributed by atoms with van der Waals surface area (Å²) in [6.45, 7) is 5.78. The summed E-state index contributed by atoms with van der Waals surface area (Å²) in [5.74, 6) is -0.106. The highest BCUT2D eigenvalue weighted by atomic mass is 79.9. The summed E-state index contributed by atoms with van der Waals surface area (Å²) < 4.78 is 1.67. The Labute approximate surface area is 141 Å². The van der Waals surface area contributed by atoms with Crippen LogP contribution in [0.25, 0.3) is 0 Å². The highest BCUT2D eigenvalue weighted by Gasteiger charge is 2.42. The summed E-state index contributed by atoms with van der Waals surface area (Å²) in [6.07, 6.45) is 0.571. The molecule has 0 bridgehead atoms. The van der Waals surface area contributed by atoms with Gasteiger partial charge in [0.1, 0.15) is 12.1 Å². The maximum Gasteiger partial charge on any atom is 0.250 e. The van der Waals surface area contributed by atoms with Gasteiger partial charge < -0.3 is 5.32 Å². The van der Waals surface area contributed by atoms with Gasteiger partial charge >= 0.3 is 0 Å². The van der Waals surface area contributed by atoms with Crippen molar-refractivity contribution in [1.29, 1.82) is 0 Å². The molecule has 0 saturated carbocycles. The zero-order valence-corrected chi connectivity index (χ0v) is 15.4. The summed E-state index contributed by atoms with van der Waals surface area (Å²) in [5, 5.41) is 2.84. The standard InChI is InChI=1S/C15H18Br2N2O2/c1-4-11-14(20)18-13(8(2)3)15(21)19(11)12-7-9(16)5-6-10(12)17/h5-8,11,13H,4H2,1-3H3,(H,18,20). The van der Waals surface area contributed by atoms with Gasteiger partial charge in [0.05, 0.1) is 5.69 Å². The van der Waals surface area contributed by atoms with Crippen molar-refractivity contribution in [2.24, 2.45) is 5.92 Å². The van der Waals surface area contributed by atoms with Crippen LogP contribution in [0.3, 0.4) is 0 Å². The van der Waals surface area contributed by atoms with E-state index in [0.717, 1.165) is 14.6 Å². The lowest BCUT2D eigenvalue weighted by molar-refractivity contribution is -0.134. The molecule has 4 nitrogen and oxygen atoms in total. The van der Waals surface area contributed by atoms with E-state index < -0.39 is 12.1 Å². The van der Waals surface area contributed by atoms with E-state index in [9.17, 15) is 9.59 Å². The minimum absolute atomic E-state index is 0.0488. The van der Waals surface area contributed by atoms with Crippen molar-refractivity contribution in [3.05, 3.63) is 27.1 Å². The lowest BCUT2D eigenvalue weighted by atomic mass is 9.96. The second kappa shape index (κ2) is 6.48. The Balaban J connectivity index is 2.51. The first-order valence-corrected chi connectivity index (χ1v) is 8.54. The molecule has 2 rings (SSSR count). The van der Waals surface area contributed by atoms with Crippen LogP contribution in [0.15, 0.2) is 27.1 Å². The van der Waals surface area contributed by atoms with Gasteiger partial charge in [0.15, 0.2) is 0 Å². The van der Waals surface area contributed by atoms with Crippen molar-refractivity contribution in [3.8, 4) is 0 Å². The molecule has 2 atom stereocenters. The van der Waals surface area contributed by atoms with Gasteiger partial charge in [0, 0.05) is 8.95 Å². The number of nitrogens with zero attached hydrogens (tertiary/aromatic N) is 1. The van der Waals surface area contributed by atoms with E-state index in [1.54, 1.807) is 4.90 Å². The summed E-state index contributed by atoms with van der Waals surface area (Å²) in [7, 11) is 0. The van der Waals surface area contributed by atoms with E-state index in [0.29, 0.717) is 6.42 Å². The summed E-state index contributed by atoms with van der Waals surface area (Å²) in [5.41, 5.74) is 0.724. The first kappa shape index (κ1) is 16.5. The molecule has 21 heavy (non-hydrogen) atoms. The van der Waals surface area contributed by atoms with Gasteiger partial charge in [-0.05, 0) is 46.5 Å². The molecule has 0 aliphatic carbocycles. The zero-order valence-electron chi connectivity index (χ0n) is 12.2. The van der Waals surface area contributed by atoms with Gasteiger partial charge in [-0.2, -0.15) is 0 Å². The molecule has 1 aromatic rings. The summed E-state index contributed by atoms with van der Waals surface area (Å²) in [6, 6.07) is 4.67. The van der Waals surface area contributed by atoms with Crippen LogP contribution in [0, 0.1) is 5.92 Å². The molecule has 2 unspecified atom stereocenters. The smallest absolute Gasteiger partial charge is 0.250 e. The van der Waals surface area contributed by atoms with E-state index in [2.05, 4.69) is 37.2 Å². The number of hydrogen-bond donors (Lipinski definition) is 1. The van der Waals surface area contributed by atoms with E-state index in [4.69, 9.17) is 0 Å². The number of benzene rings is 1. The number of rotatable bonds is 3.